The van der Waals surface area contributed by atoms with Gasteiger partial charge >= 0.3 is 6.03 Å². The normalized spacial score (nSPS) is 18.5. The first-order chi connectivity index (χ1) is 10.2. The smallest absolute Gasteiger partial charge is 0.328 e. The highest BCUT2D eigenvalue weighted by Crippen LogP contribution is 2.26. The fourth-order valence-electron chi connectivity index (χ4n) is 2.47. The van der Waals surface area contributed by atoms with Crippen molar-refractivity contribution in [2.24, 2.45) is 0 Å². The number of hydrogen-bond acceptors (Lipinski definition) is 3. The van der Waals surface area contributed by atoms with Crippen molar-refractivity contribution in [2.75, 3.05) is 17.2 Å². The molecule has 0 spiro atoms. The number of nitrogens with two attached hydrogens (primary N) is 1. The van der Waals surface area contributed by atoms with Gasteiger partial charge < -0.3 is 11.1 Å². The second-order valence-electron chi connectivity index (χ2n) is 4.92. The van der Waals surface area contributed by atoms with Crippen molar-refractivity contribution in [3.63, 3.8) is 0 Å². The third kappa shape index (κ3) is 2.45. The predicted octanol–water partition coefficient (Wildman–Crippen LogP) is 2.11. The molecule has 0 aromatic heterocycles. The van der Waals surface area contributed by atoms with Gasteiger partial charge in [0, 0.05) is 12.2 Å². The number of carbonyl (C=O) groups excluding carboxylic acids is 2. The largest absolute Gasteiger partial charge is 0.399 e. The molecule has 1 unspecified atom stereocenters. The van der Waals surface area contributed by atoms with Gasteiger partial charge in [0.25, 0.3) is 0 Å². The van der Waals surface area contributed by atoms with Crippen molar-refractivity contribution >= 4 is 23.3 Å². The van der Waals surface area contributed by atoms with E-state index in [1.165, 1.54) is 0 Å². The SMILES string of the molecule is Nc1cccc(N2C(=O)NCC(c3ccccc3)C2=O)c1. The third-order valence-electron chi connectivity index (χ3n) is 3.51. The Morgan fingerprint density at radius 1 is 1.05 bits per heavy atom. The van der Waals surface area contributed by atoms with Crippen LogP contribution in [0.15, 0.2) is 54.6 Å². The van der Waals surface area contributed by atoms with Crippen molar-refractivity contribution in [3.05, 3.63) is 60.2 Å². The van der Waals surface area contributed by atoms with E-state index in [1.54, 1.807) is 24.3 Å². The van der Waals surface area contributed by atoms with E-state index in [4.69, 9.17) is 5.73 Å². The lowest BCUT2D eigenvalue weighted by molar-refractivity contribution is -0.119. The molecule has 3 amide bonds. The molecule has 1 aliphatic rings. The van der Waals surface area contributed by atoms with Crippen LogP contribution < -0.4 is 16.0 Å². The molecule has 0 aliphatic carbocycles. The molecule has 1 aliphatic heterocycles. The summed E-state index contributed by atoms with van der Waals surface area (Å²) in [6, 6.07) is 15.7. The molecular formula is C16H15N3O2. The van der Waals surface area contributed by atoms with E-state index >= 15 is 0 Å². The van der Waals surface area contributed by atoms with Crippen LogP contribution >= 0.6 is 0 Å². The zero-order valence-electron chi connectivity index (χ0n) is 11.3. The Bertz CT molecular complexity index is 685. The number of hydrogen-bond donors (Lipinski definition) is 2. The van der Waals surface area contributed by atoms with Gasteiger partial charge in [-0.25, -0.2) is 9.69 Å². The average molecular weight is 281 g/mol. The lowest BCUT2D eigenvalue weighted by Crippen LogP contribution is -2.54. The quantitative estimate of drug-likeness (QED) is 0.828. The zero-order valence-corrected chi connectivity index (χ0v) is 11.3. The molecule has 1 saturated heterocycles. The molecule has 3 N–H and O–H groups in total. The number of rotatable bonds is 2. The van der Waals surface area contributed by atoms with Crippen molar-refractivity contribution in [3.8, 4) is 0 Å². The second kappa shape index (κ2) is 5.28. The first-order valence-corrected chi connectivity index (χ1v) is 6.69. The lowest BCUT2D eigenvalue weighted by atomic mass is 9.96. The zero-order chi connectivity index (χ0) is 14.8. The van der Waals surface area contributed by atoms with Gasteiger partial charge in [0.15, 0.2) is 0 Å². The molecule has 0 saturated carbocycles. The van der Waals surface area contributed by atoms with Gasteiger partial charge in [-0.15, -0.1) is 0 Å². The van der Waals surface area contributed by atoms with Crippen LogP contribution in [-0.2, 0) is 4.79 Å². The fourth-order valence-corrected chi connectivity index (χ4v) is 2.47. The number of benzene rings is 2. The maximum atomic E-state index is 12.7. The van der Waals surface area contributed by atoms with Crippen LogP contribution in [0.25, 0.3) is 0 Å². The minimum Gasteiger partial charge on any atom is -0.399 e. The van der Waals surface area contributed by atoms with Crippen LogP contribution in [0.4, 0.5) is 16.2 Å². The van der Waals surface area contributed by atoms with Crippen molar-refractivity contribution in [2.45, 2.75) is 5.92 Å². The van der Waals surface area contributed by atoms with Crippen LogP contribution in [0, 0.1) is 0 Å². The van der Waals surface area contributed by atoms with E-state index in [0.29, 0.717) is 17.9 Å². The molecule has 5 nitrogen and oxygen atoms in total. The van der Waals surface area contributed by atoms with E-state index in [2.05, 4.69) is 5.32 Å². The van der Waals surface area contributed by atoms with Crippen LogP contribution in [0.2, 0.25) is 0 Å². The molecule has 0 bridgehead atoms. The summed E-state index contributed by atoms with van der Waals surface area (Å²) in [4.78, 5) is 25.9. The first kappa shape index (κ1) is 13.2. The lowest BCUT2D eigenvalue weighted by Gasteiger charge is -2.31. The molecule has 5 heteroatoms. The van der Waals surface area contributed by atoms with Gasteiger partial charge in [0.05, 0.1) is 11.6 Å². The minimum atomic E-state index is -0.419. The molecule has 21 heavy (non-hydrogen) atoms. The van der Waals surface area contributed by atoms with Crippen LogP contribution in [0.1, 0.15) is 11.5 Å². The molecule has 3 rings (SSSR count). The van der Waals surface area contributed by atoms with Gasteiger partial charge in [0.2, 0.25) is 5.91 Å². The number of imide groups is 1. The first-order valence-electron chi connectivity index (χ1n) is 6.69. The summed E-state index contributed by atoms with van der Waals surface area (Å²) in [5.74, 6) is -0.624. The summed E-state index contributed by atoms with van der Waals surface area (Å²) in [5.41, 5.74) is 7.61. The summed E-state index contributed by atoms with van der Waals surface area (Å²) >= 11 is 0. The van der Waals surface area contributed by atoms with Gasteiger partial charge in [-0.3, -0.25) is 4.79 Å². The Hall–Kier alpha value is -2.82. The fraction of sp³-hybridized carbons (Fsp3) is 0.125. The van der Waals surface area contributed by atoms with Crippen molar-refractivity contribution in [1.82, 2.24) is 5.32 Å². The summed E-state index contributed by atoms with van der Waals surface area (Å²) in [5, 5.41) is 2.75. The number of amides is 3. The summed E-state index contributed by atoms with van der Waals surface area (Å²) in [7, 11) is 0. The highest BCUT2D eigenvalue weighted by molar-refractivity contribution is 6.18. The van der Waals surface area contributed by atoms with Gasteiger partial charge in [-0.2, -0.15) is 0 Å². The number of anilines is 2. The molecule has 106 valence electrons. The van der Waals surface area contributed by atoms with Gasteiger partial charge in [-0.05, 0) is 23.8 Å². The molecule has 0 radical (unpaired) electrons. The Labute approximate surface area is 122 Å². The number of nitrogens with one attached hydrogen (secondary N) is 1. The maximum absolute atomic E-state index is 12.7. The summed E-state index contributed by atoms with van der Waals surface area (Å²) in [6.45, 7) is 0.306. The van der Waals surface area contributed by atoms with Crippen molar-refractivity contribution in [1.29, 1.82) is 0 Å². The Balaban J connectivity index is 1.96. The number of carbonyl (C=O) groups is 2. The minimum absolute atomic E-state index is 0.240. The Kier molecular flexibility index (Phi) is 3.31. The van der Waals surface area contributed by atoms with E-state index in [0.717, 1.165) is 10.5 Å². The molecule has 1 heterocycles. The maximum Gasteiger partial charge on any atom is 0.328 e. The van der Waals surface area contributed by atoms with E-state index in [1.807, 2.05) is 30.3 Å². The van der Waals surface area contributed by atoms with E-state index in [9.17, 15) is 9.59 Å². The number of urea groups is 1. The van der Waals surface area contributed by atoms with E-state index in [-0.39, 0.29) is 11.8 Å². The number of nitrogen functional groups attached to an aromatic ring is 1. The Morgan fingerprint density at radius 2 is 1.81 bits per heavy atom. The molecule has 2 aromatic rings. The van der Waals surface area contributed by atoms with Crippen LogP contribution in [0.5, 0.6) is 0 Å². The molecule has 1 fully saturated rings. The monoisotopic (exact) mass is 281 g/mol. The van der Waals surface area contributed by atoms with Crippen LogP contribution in [-0.4, -0.2) is 18.5 Å². The molecule has 1 atom stereocenters. The third-order valence-corrected chi connectivity index (χ3v) is 3.51. The van der Waals surface area contributed by atoms with Crippen LogP contribution in [0.3, 0.4) is 0 Å². The molecular weight excluding hydrogens is 266 g/mol. The summed E-state index contributed by atoms with van der Waals surface area (Å²) < 4.78 is 0. The topological polar surface area (TPSA) is 75.4 Å². The number of nitrogens with zero attached hydrogens (tertiary/aromatic N) is 1. The molecule has 2 aromatic carbocycles. The predicted molar refractivity (Wildman–Crippen MR) is 80.9 cm³/mol. The van der Waals surface area contributed by atoms with E-state index < -0.39 is 6.03 Å². The standard InChI is InChI=1S/C16H15N3O2/c17-12-7-4-8-13(9-12)19-15(20)14(10-18-16(19)21)11-5-2-1-3-6-11/h1-9,14H,10,17H2,(H,18,21). The van der Waals surface area contributed by atoms with Gasteiger partial charge in [0.1, 0.15) is 0 Å². The van der Waals surface area contributed by atoms with Crippen molar-refractivity contribution < 1.29 is 9.59 Å². The highest BCUT2D eigenvalue weighted by Gasteiger charge is 2.36. The second-order valence-corrected chi connectivity index (χ2v) is 4.92. The highest BCUT2D eigenvalue weighted by atomic mass is 16.2. The summed E-state index contributed by atoms with van der Waals surface area (Å²) in [6.07, 6.45) is 0. The van der Waals surface area contributed by atoms with Gasteiger partial charge in [-0.1, -0.05) is 36.4 Å². The Morgan fingerprint density at radius 3 is 2.52 bits per heavy atom. The average Bonchev–Trinajstić information content (AvgIpc) is 2.48.